The van der Waals surface area contributed by atoms with Gasteiger partial charge >= 0.3 is 0 Å². The van der Waals surface area contributed by atoms with E-state index < -0.39 is 10.0 Å². The minimum Gasteiger partial charge on any atom is -0.431 e. The lowest BCUT2D eigenvalue weighted by Crippen LogP contribution is -2.30. The quantitative estimate of drug-likeness (QED) is 0.594. The Morgan fingerprint density at radius 1 is 1.25 bits per heavy atom. The van der Waals surface area contributed by atoms with E-state index in [1.54, 1.807) is 11.0 Å². The number of oxazole rings is 1. The van der Waals surface area contributed by atoms with Gasteiger partial charge in [0.15, 0.2) is 5.58 Å². The van der Waals surface area contributed by atoms with Crippen molar-refractivity contribution in [2.45, 2.75) is 16.5 Å². The molecule has 4 rings (SSSR count). The van der Waals surface area contributed by atoms with E-state index in [4.69, 9.17) is 4.42 Å². The van der Waals surface area contributed by atoms with Crippen molar-refractivity contribution in [1.29, 1.82) is 0 Å². The Hall–Kier alpha value is -2.36. The van der Waals surface area contributed by atoms with Crippen LogP contribution in [-0.2, 0) is 21.2 Å². The second-order valence-electron chi connectivity index (χ2n) is 6.61. The normalized spacial score (nSPS) is 14.0. The number of amides is 1. The van der Waals surface area contributed by atoms with E-state index in [1.807, 2.05) is 24.3 Å². The Balaban J connectivity index is 1.49. The fourth-order valence-electron chi connectivity index (χ4n) is 3.12. The highest BCUT2D eigenvalue weighted by Gasteiger charge is 2.25. The van der Waals surface area contributed by atoms with Crippen molar-refractivity contribution in [2.75, 3.05) is 31.3 Å². The maximum Gasteiger partial charge on any atom is 0.257 e. The molecule has 1 amide bonds. The zero-order valence-electron chi connectivity index (χ0n) is 15.5. The number of carbonyl (C=O) groups excluding carboxylic acids is 1. The van der Waals surface area contributed by atoms with Gasteiger partial charge in [-0.15, -0.1) is 0 Å². The third-order valence-corrected chi connectivity index (χ3v) is 7.25. The minimum absolute atomic E-state index is 0.00641. The molecule has 0 spiro atoms. The number of benzene rings is 2. The van der Waals surface area contributed by atoms with Crippen LogP contribution in [0.4, 0.5) is 5.69 Å². The number of sulfonamides is 1. The molecular formula is C19H19N3O4S2. The molecule has 28 heavy (non-hydrogen) atoms. The van der Waals surface area contributed by atoms with Gasteiger partial charge in [0.1, 0.15) is 5.52 Å². The lowest BCUT2D eigenvalue weighted by Gasteiger charge is -2.16. The van der Waals surface area contributed by atoms with Crippen LogP contribution < -0.4 is 4.90 Å². The molecule has 3 aromatic rings. The molecular weight excluding hydrogens is 398 g/mol. The van der Waals surface area contributed by atoms with Gasteiger partial charge in [0.05, 0.1) is 10.6 Å². The van der Waals surface area contributed by atoms with E-state index in [9.17, 15) is 13.2 Å². The molecule has 0 N–H and O–H groups in total. The second-order valence-corrected chi connectivity index (χ2v) is 9.69. The highest BCUT2D eigenvalue weighted by Crippen LogP contribution is 2.30. The van der Waals surface area contributed by atoms with Crippen LogP contribution in [0.2, 0.25) is 0 Å². The lowest BCUT2D eigenvalue weighted by atomic mass is 10.2. The maximum atomic E-state index is 12.6. The molecule has 146 valence electrons. The molecule has 1 aliphatic rings. The monoisotopic (exact) mass is 417 g/mol. The number of aromatic nitrogens is 1. The van der Waals surface area contributed by atoms with Crippen LogP contribution in [0.1, 0.15) is 5.56 Å². The average Bonchev–Trinajstić information content (AvgIpc) is 3.29. The first-order valence-corrected chi connectivity index (χ1v) is 11.1. The molecule has 0 bridgehead atoms. The molecule has 2 heterocycles. The number of hydrogen-bond donors (Lipinski definition) is 0. The number of fused-ring (bicyclic) bond motifs is 2. The van der Waals surface area contributed by atoms with Gasteiger partial charge in [0.2, 0.25) is 15.9 Å². The summed E-state index contributed by atoms with van der Waals surface area (Å²) in [5, 5.41) is 0.343. The van der Waals surface area contributed by atoms with E-state index in [0.717, 1.165) is 16.4 Å². The molecule has 9 heteroatoms. The van der Waals surface area contributed by atoms with Gasteiger partial charge in [-0.2, -0.15) is 0 Å². The van der Waals surface area contributed by atoms with E-state index in [2.05, 4.69) is 4.98 Å². The number of thioether (sulfide) groups is 1. The first kappa shape index (κ1) is 19.0. The number of carbonyl (C=O) groups is 1. The smallest absolute Gasteiger partial charge is 0.257 e. The minimum atomic E-state index is -3.54. The summed E-state index contributed by atoms with van der Waals surface area (Å²) in [5.74, 6) is 0.192. The van der Waals surface area contributed by atoms with Gasteiger partial charge in [-0.3, -0.25) is 4.79 Å². The third-order valence-electron chi connectivity index (χ3n) is 4.63. The van der Waals surface area contributed by atoms with Crippen LogP contribution in [0.3, 0.4) is 0 Å². The third kappa shape index (κ3) is 3.41. The summed E-state index contributed by atoms with van der Waals surface area (Å²) >= 11 is 1.21. The molecule has 0 atom stereocenters. The Bertz CT molecular complexity index is 1150. The fourth-order valence-corrected chi connectivity index (χ4v) is 4.75. The van der Waals surface area contributed by atoms with Crippen molar-refractivity contribution in [3.8, 4) is 0 Å². The van der Waals surface area contributed by atoms with E-state index in [0.29, 0.717) is 22.9 Å². The second kappa shape index (κ2) is 7.23. The zero-order chi connectivity index (χ0) is 19.9. The molecule has 2 aromatic carbocycles. The standard InChI is InChI=1S/C19H19N3O4S2/c1-21(2)28(24,25)14-7-8-17-15(11-14)20-19(26-17)27-12-18(23)22-10-9-13-5-3-4-6-16(13)22/h3-8,11H,9-10,12H2,1-2H3. The largest absolute Gasteiger partial charge is 0.431 e. The lowest BCUT2D eigenvalue weighted by molar-refractivity contribution is -0.116. The molecule has 0 saturated carbocycles. The van der Waals surface area contributed by atoms with Gasteiger partial charge in [-0.25, -0.2) is 17.7 Å². The van der Waals surface area contributed by atoms with Crippen LogP contribution in [0, 0.1) is 0 Å². The summed E-state index contributed by atoms with van der Waals surface area (Å²) in [6.45, 7) is 0.679. The topological polar surface area (TPSA) is 83.7 Å². The number of anilines is 1. The van der Waals surface area contributed by atoms with Crippen LogP contribution >= 0.6 is 11.8 Å². The van der Waals surface area contributed by atoms with Gasteiger partial charge in [-0.05, 0) is 36.2 Å². The van der Waals surface area contributed by atoms with Crippen molar-refractivity contribution in [3.63, 3.8) is 0 Å². The van der Waals surface area contributed by atoms with Gasteiger partial charge < -0.3 is 9.32 Å². The Labute approximate surface area is 167 Å². The number of rotatable bonds is 5. The molecule has 0 fully saturated rings. The van der Waals surface area contributed by atoms with Crippen LogP contribution in [0.15, 0.2) is 57.0 Å². The van der Waals surface area contributed by atoms with E-state index >= 15 is 0 Å². The summed E-state index contributed by atoms with van der Waals surface area (Å²) in [6.07, 6.45) is 0.860. The zero-order valence-corrected chi connectivity index (χ0v) is 17.1. The molecule has 0 unspecified atom stereocenters. The van der Waals surface area contributed by atoms with Crippen LogP contribution in [-0.4, -0.2) is 50.0 Å². The SMILES string of the molecule is CN(C)S(=O)(=O)c1ccc2oc(SCC(=O)N3CCc4ccccc43)nc2c1. The predicted octanol–water partition coefficient (Wildman–Crippen LogP) is 2.76. The van der Waals surface area contributed by atoms with Crippen molar-refractivity contribution >= 4 is 44.5 Å². The Morgan fingerprint density at radius 3 is 2.82 bits per heavy atom. The summed E-state index contributed by atoms with van der Waals surface area (Å²) in [4.78, 5) is 18.9. The molecule has 7 nitrogen and oxygen atoms in total. The van der Waals surface area contributed by atoms with Crippen molar-refractivity contribution < 1.29 is 17.6 Å². The molecule has 0 aliphatic carbocycles. The van der Waals surface area contributed by atoms with E-state index in [-0.39, 0.29) is 16.6 Å². The predicted molar refractivity (Wildman–Crippen MR) is 108 cm³/mol. The van der Waals surface area contributed by atoms with Gasteiger partial charge in [0.25, 0.3) is 5.22 Å². The van der Waals surface area contributed by atoms with Crippen molar-refractivity contribution in [3.05, 3.63) is 48.0 Å². The average molecular weight is 418 g/mol. The number of para-hydroxylation sites is 1. The van der Waals surface area contributed by atoms with Crippen LogP contribution in [0.25, 0.3) is 11.1 Å². The number of nitrogens with zero attached hydrogens (tertiary/aromatic N) is 3. The number of hydrogen-bond acceptors (Lipinski definition) is 6. The Kier molecular flexibility index (Phi) is 4.90. The summed E-state index contributed by atoms with van der Waals surface area (Å²) in [6, 6.07) is 12.5. The molecule has 0 radical (unpaired) electrons. The molecule has 1 aliphatic heterocycles. The van der Waals surface area contributed by atoms with E-state index in [1.165, 1.54) is 43.6 Å². The highest BCUT2D eigenvalue weighted by atomic mass is 32.2. The van der Waals surface area contributed by atoms with Crippen molar-refractivity contribution in [1.82, 2.24) is 9.29 Å². The summed E-state index contributed by atoms with van der Waals surface area (Å²) in [7, 11) is -0.584. The van der Waals surface area contributed by atoms with Gasteiger partial charge in [0, 0.05) is 26.3 Å². The Morgan fingerprint density at radius 2 is 2.04 bits per heavy atom. The fraction of sp³-hybridized carbons (Fsp3) is 0.263. The van der Waals surface area contributed by atoms with Crippen LogP contribution in [0.5, 0.6) is 0 Å². The van der Waals surface area contributed by atoms with Gasteiger partial charge in [-0.1, -0.05) is 30.0 Å². The molecule has 0 saturated heterocycles. The summed E-state index contributed by atoms with van der Waals surface area (Å²) in [5.41, 5.74) is 3.07. The van der Waals surface area contributed by atoms with Crippen molar-refractivity contribution in [2.24, 2.45) is 0 Å². The summed E-state index contributed by atoms with van der Waals surface area (Å²) < 4.78 is 31.3. The highest BCUT2D eigenvalue weighted by molar-refractivity contribution is 7.99. The molecule has 1 aromatic heterocycles. The first-order valence-electron chi connectivity index (χ1n) is 8.70. The maximum absolute atomic E-state index is 12.6. The first-order chi connectivity index (χ1) is 13.4.